The molecule has 2 rings (SSSR count). The van der Waals surface area contributed by atoms with Crippen molar-refractivity contribution in [3.8, 4) is 0 Å². The Hall–Kier alpha value is -0.650. The molecule has 1 unspecified atom stereocenters. The highest BCUT2D eigenvalue weighted by molar-refractivity contribution is 5.84. The fourth-order valence-electron chi connectivity index (χ4n) is 2.54. The highest BCUT2D eigenvalue weighted by atomic mass is 16.1. The predicted octanol–water partition coefficient (Wildman–Crippen LogP) is -0.380. The van der Waals surface area contributed by atoms with E-state index < -0.39 is 5.54 Å². The fourth-order valence-corrected chi connectivity index (χ4v) is 2.54. The summed E-state index contributed by atoms with van der Waals surface area (Å²) in [7, 11) is 1.80. The van der Waals surface area contributed by atoms with E-state index in [0.29, 0.717) is 0 Å². The maximum absolute atomic E-state index is 11.4. The summed E-state index contributed by atoms with van der Waals surface area (Å²) in [6, 6.07) is 0.875. The molecule has 1 heterocycles. The number of carbonyl (C=O) groups excluding carboxylic acids is 1. The van der Waals surface area contributed by atoms with E-state index in [1.54, 1.807) is 7.05 Å². The third-order valence-electron chi connectivity index (χ3n) is 4.49. The van der Waals surface area contributed by atoms with Crippen molar-refractivity contribution in [3.05, 3.63) is 0 Å². The van der Waals surface area contributed by atoms with Crippen molar-refractivity contribution < 1.29 is 4.79 Å². The largest absolute Gasteiger partial charge is 0.368 e. The highest BCUT2D eigenvalue weighted by Gasteiger charge is 2.33. The van der Waals surface area contributed by atoms with Crippen molar-refractivity contribution in [3.63, 3.8) is 0 Å². The first-order valence-corrected chi connectivity index (χ1v) is 7.00. The summed E-state index contributed by atoms with van der Waals surface area (Å²) in [6.45, 7) is 7.42. The molecule has 5 nitrogen and oxygen atoms in total. The molecule has 0 aromatic carbocycles. The van der Waals surface area contributed by atoms with Crippen LogP contribution in [0.25, 0.3) is 0 Å². The number of nitrogens with two attached hydrogens (primary N) is 1. The van der Waals surface area contributed by atoms with E-state index in [9.17, 15) is 4.79 Å². The molecule has 0 radical (unpaired) electrons. The van der Waals surface area contributed by atoms with E-state index in [0.717, 1.165) is 32.1 Å². The molecule has 0 bridgehead atoms. The van der Waals surface area contributed by atoms with Gasteiger partial charge >= 0.3 is 0 Å². The van der Waals surface area contributed by atoms with Crippen LogP contribution in [0.15, 0.2) is 0 Å². The quantitative estimate of drug-likeness (QED) is 0.678. The average molecular weight is 254 g/mol. The van der Waals surface area contributed by atoms with E-state index in [2.05, 4.69) is 15.1 Å². The summed E-state index contributed by atoms with van der Waals surface area (Å²) in [5.41, 5.74) is 4.86. The van der Waals surface area contributed by atoms with Gasteiger partial charge in [-0.25, -0.2) is 0 Å². The van der Waals surface area contributed by atoms with Crippen LogP contribution in [-0.4, -0.2) is 67.1 Å². The molecular formula is C13H26N4O. The topological polar surface area (TPSA) is 61.6 Å². The van der Waals surface area contributed by atoms with Gasteiger partial charge in [0.2, 0.25) is 5.91 Å². The van der Waals surface area contributed by atoms with E-state index in [4.69, 9.17) is 5.73 Å². The minimum atomic E-state index is -0.576. The number of hydrogen-bond acceptors (Lipinski definition) is 4. The van der Waals surface area contributed by atoms with Crippen molar-refractivity contribution >= 4 is 5.91 Å². The van der Waals surface area contributed by atoms with Crippen molar-refractivity contribution in [1.29, 1.82) is 0 Å². The molecule has 5 heteroatoms. The van der Waals surface area contributed by atoms with Crippen molar-refractivity contribution in [2.45, 2.75) is 37.8 Å². The number of hydrogen-bond donors (Lipinski definition) is 2. The van der Waals surface area contributed by atoms with Gasteiger partial charge in [-0.3, -0.25) is 9.69 Å². The summed E-state index contributed by atoms with van der Waals surface area (Å²) in [4.78, 5) is 16.4. The van der Waals surface area contributed by atoms with Gasteiger partial charge in [0.15, 0.2) is 0 Å². The monoisotopic (exact) mass is 254 g/mol. The number of nitrogens with one attached hydrogen (secondary N) is 1. The number of likely N-dealkylation sites (N-methyl/N-ethyl adjacent to an activating group) is 1. The number of piperazine rings is 1. The number of carbonyl (C=O) groups is 1. The molecule has 1 saturated carbocycles. The Morgan fingerprint density at radius 2 is 1.94 bits per heavy atom. The molecule has 0 spiro atoms. The zero-order valence-electron chi connectivity index (χ0n) is 11.6. The summed E-state index contributed by atoms with van der Waals surface area (Å²) < 4.78 is 0. The molecule has 0 aromatic heterocycles. The lowest BCUT2D eigenvalue weighted by Gasteiger charge is -2.36. The second kappa shape index (κ2) is 5.55. The summed E-state index contributed by atoms with van der Waals surface area (Å²) >= 11 is 0. The van der Waals surface area contributed by atoms with E-state index in [1.807, 2.05) is 6.92 Å². The van der Waals surface area contributed by atoms with Gasteiger partial charge < -0.3 is 16.0 Å². The lowest BCUT2D eigenvalue weighted by molar-refractivity contribution is -0.124. The van der Waals surface area contributed by atoms with Gasteiger partial charge in [-0.2, -0.15) is 0 Å². The first kappa shape index (κ1) is 13.8. The van der Waals surface area contributed by atoms with Crippen molar-refractivity contribution in [2.24, 2.45) is 5.73 Å². The van der Waals surface area contributed by atoms with Crippen LogP contribution in [0.2, 0.25) is 0 Å². The minimum Gasteiger partial charge on any atom is -0.368 e. The van der Waals surface area contributed by atoms with Crippen LogP contribution in [0.4, 0.5) is 0 Å². The molecule has 18 heavy (non-hydrogen) atoms. The third kappa shape index (κ3) is 3.22. The summed E-state index contributed by atoms with van der Waals surface area (Å²) in [5, 5.41) is 3.04. The highest BCUT2D eigenvalue weighted by Crippen LogP contribution is 2.27. The maximum Gasteiger partial charge on any atom is 0.237 e. The third-order valence-corrected chi connectivity index (χ3v) is 4.49. The average Bonchev–Trinajstić information content (AvgIpc) is 3.20. The molecular weight excluding hydrogens is 228 g/mol. The van der Waals surface area contributed by atoms with Crippen LogP contribution in [0, 0.1) is 0 Å². The Kier molecular flexibility index (Phi) is 4.25. The van der Waals surface area contributed by atoms with Crippen LogP contribution in [0.3, 0.4) is 0 Å². The van der Waals surface area contributed by atoms with Gasteiger partial charge in [0, 0.05) is 38.8 Å². The SMILES string of the molecule is CNC(C)(CCN1CCN(C2CC2)CC1)C(N)=O. The van der Waals surface area contributed by atoms with Crippen LogP contribution in [0.5, 0.6) is 0 Å². The molecule has 0 aromatic rings. The molecule has 1 atom stereocenters. The standard InChI is InChI=1S/C13H26N4O/c1-13(15-2,12(14)18)5-6-16-7-9-17(10-8-16)11-3-4-11/h11,15H,3-10H2,1-2H3,(H2,14,18). The number of primary amides is 1. The predicted molar refractivity (Wildman–Crippen MR) is 72.3 cm³/mol. The Bertz CT molecular complexity index is 297. The van der Waals surface area contributed by atoms with E-state index in [-0.39, 0.29) is 5.91 Å². The molecule has 1 amide bonds. The molecule has 2 fully saturated rings. The van der Waals surface area contributed by atoms with Gasteiger partial charge in [0.25, 0.3) is 0 Å². The van der Waals surface area contributed by atoms with Crippen LogP contribution >= 0.6 is 0 Å². The number of rotatable bonds is 6. The van der Waals surface area contributed by atoms with E-state index >= 15 is 0 Å². The molecule has 1 aliphatic carbocycles. The summed E-state index contributed by atoms with van der Waals surface area (Å²) in [5.74, 6) is -0.262. The van der Waals surface area contributed by atoms with Gasteiger partial charge in [-0.15, -0.1) is 0 Å². The lowest BCUT2D eigenvalue weighted by Crippen LogP contribution is -2.54. The summed E-state index contributed by atoms with van der Waals surface area (Å²) in [6.07, 6.45) is 3.56. The normalized spacial score (nSPS) is 25.9. The maximum atomic E-state index is 11.4. The van der Waals surface area contributed by atoms with Crippen LogP contribution in [-0.2, 0) is 4.79 Å². The van der Waals surface area contributed by atoms with Gasteiger partial charge in [-0.05, 0) is 33.2 Å². The molecule has 104 valence electrons. The minimum absolute atomic E-state index is 0.262. The second-order valence-corrected chi connectivity index (χ2v) is 5.81. The van der Waals surface area contributed by atoms with Gasteiger partial charge in [0.1, 0.15) is 0 Å². The van der Waals surface area contributed by atoms with Crippen molar-refractivity contribution in [2.75, 3.05) is 39.8 Å². The smallest absolute Gasteiger partial charge is 0.237 e. The fraction of sp³-hybridized carbons (Fsp3) is 0.923. The Morgan fingerprint density at radius 1 is 1.33 bits per heavy atom. The first-order chi connectivity index (χ1) is 8.55. The molecule has 1 aliphatic heterocycles. The van der Waals surface area contributed by atoms with Crippen molar-refractivity contribution in [1.82, 2.24) is 15.1 Å². The van der Waals surface area contributed by atoms with E-state index in [1.165, 1.54) is 25.9 Å². The van der Waals surface area contributed by atoms with Crippen LogP contribution in [0.1, 0.15) is 26.2 Å². The Labute approximate surface area is 110 Å². The number of nitrogens with zero attached hydrogens (tertiary/aromatic N) is 2. The zero-order chi connectivity index (χ0) is 13.2. The Morgan fingerprint density at radius 3 is 2.39 bits per heavy atom. The van der Waals surface area contributed by atoms with Gasteiger partial charge in [-0.1, -0.05) is 0 Å². The zero-order valence-corrected chi connectivity index (χ0v) is 11.6. The lowest BCUT2D eigenvalue weighted by atomic mass is 9.97. The first-order valence-electron chi connectivity index (χ1n) is 7.00. The van der Waals surface area contributed by atoms with Gasteiger partial charge in [0.05, 0.1) is 5.54 Å². The molecule has 1 saturated heterocycles. The number of amides is 1. The second-order valence-electron chi connectivity index (χ2n) is 5.81. The van der Waals surface area contributed by atoms with Crippen LogP contribution < -0.4 is 11.1 Å². The molecule has 3 N–H and O–H groups in total. The molecule has 2 aliphatic rings. The Balaban J connectivity index is 1.72.